The third-order valence-electron chi connectivity index (χ3n) is 4.19. The van der Waals surface area contributed by atoms with E-state index in [2.05, 4.69) is 5.32 Å². The molecule has 3 rings (SSSR count). The fourth-order valence-corrected chi connectivity index (χ4v) is 2.89. The maximum Gasteiger partial charge on any atom is 0.220 e. The van der Waals surface area contributed by atoms with E-state index in [9.17, 15) is 4.79 Å². The van der Waals surface area contributed by atoms with E-state index in [1.807, 2.05) is 55.5 Å². The van der Waals surface area contributed by atoms with Crippen molar-refractivity contribution < 1.29 is 14.3 Å². The quantitative estimate of drug-likeness (QED) is 0.822. The van der Waals surface area contributed by atoms with Crippen molar-refractivity contribution in [2.45, 2.75) is 32.2 Å². The van der Waals surface area contributed by atoms with Crippen LogP contribution in [0.2, 0.25) is 0 Å². The van der Waals surface area contributed by atoms with Gasteiger partial charge in [0.25, 0.3) is 0 Å². The van der Waals surface area contributed by atoms with Gasteiger partial charge in [0.15, 0.2) is 0 Å². The summed E-state index contributed by atoms with van der Waals surface area (Å²) in [4.78, 5) is 12.2. The molecule has 24 heavy (non-hydrogen) atoms. The minimum absolute atomic E-state index is 0.0414. The standard InChI is InChI=1S/C20H23NO3/c1-15-7-2-4-9-18(15)23-13-6-11-20(22)21-17-12-14-24-19-10-5-3-8-16(17)19/h2-5,7-10,17H,6,11-14H2,1H3,(H,21,22). The Morgan fingerprint density at radius 2 is 2.00 bits per heavy atom. The van der Waals surface area contributed by atoms with Crippen LogP contribution in [-0.4, -0.2) is 19.1 Å². The van der Waals surface area contributed by atoms with Crippen LogP contribution in [-0.2, 0) is 4.79 Å². The summed E-state index contributed by atoms with van der Waals surface area (Å²) < 4.78 is 11.4. The summed E-state index contributed by atoms with van der Waals surface area (Å²) in [5, 5.41) is 3.11. The van der Waals surface area contributed by atoms with Gasteiger partial charge in [-0.1, -0.05) is 36.4 Å². The molecule has 0 radical (unpaired) electrons. The van der Waals surface area contributed by atoms with E-state index in [1.165, 1.54) is 0 Å². The molecule has 126 valence electrons. The van der Waals surface area contributed by atoms with Crippen molar-refractivity contribution in [3.63, 3.8) is 0 Å². The Morgan fingerprint density at radius 1 is 1.21 bits per heavy atom. The van der Waals surface area contributed by atoms with Crippen LogP contribution in [0.15, 0.2) is 48.5 Å². The third-order valence-corrected chi connectivity index (χ3v) is 4.19. The van der Waals surface area contributed by atoms with Gasteiger partial charge in [0, 0.05) is 18.4 Å². The molecule has 4 heteroatoms. The highest BCUT2D eigenvalue weighted by Gasteiger charge is 2.22. The van der Waals surface area contributed by atoms with Crippen molar-refractivity contribution in [2.75, 3.05) is 13.2 Å². The first kappa shape index (κ1) is 16.4. The molecule has 4 nitrogen and oxygen atoms in total. The molecule has 0 bridgehead atoms. The Balaban J connectivity index is 1.44. The molecule has 0 aliphatic carbocycles. The molecule has 1 amide bonds. The van der Waals surface area contributed by atoms with Crippen molar-refractivity contribution in [1.29, 1.82) is 0 Å². The Hall–Kier alpha value is -2.49. The molecule has 1 aliphatic rings. The van der Waals surface area contributed by atoms with Gasteiger partial charge in [-0.3, -0.25) is 4.79 Å². The number of benzene rings is 2. The molecule has 0 fully saturated rings. The number of hydrogen-bond acceptors (Lipinski definition) is 3. The lowest BCUT2D eigenvalue weighted by molar-refractivity contribution is -0.122. The third kappa shape index (κ3) is 4.07. The Bertz CT molecular complexity index is 699. The van der Waals surface area contributed by atoms with Gasteiger partial charge in [-0.15, -0.1) is 0 Å². The minimum atomic E-state index is 0.0414. The van der Waals surface area contributed by atoms with Gasteiger partial charge in [-0.25, -0.2) is 0 Å². The summed E-state index contributed by atoms with van der Waals surface area (Å²) in [5.74, 6) is 1.82. The van der Waals surface area contributed by atoms with Gasteiger partial charge >= 0.3 is 0 Å². The maximum absolute atomic E-state index is 12.2. The molecule has 0 saturated carbocycles. The van der Waals surface area contributed by atoms with Crippen LogP contribution in [0.1, 0.15) is 36.4 Å². The molecule has 1 aliphatic heterocycles. The minimum Gasteiger partial charge on any atom is -0.493 e. The Kier molecular flexibility index (Phi) is 5.36. The zero-order chi connectivity index (χ0) is 16.8. The molecule has 0 spiro atoms. The SMILES string of the molecule is Cc1ccccc1OCCCC(=O)NC1CCOc2ccccc21. The fourth-order valence-electron chi connectivity index (χ4n) is 2.89. The van der Waals surface area contributed by atoms with Crippen molar-refractivity contribution in [3.8, 4) is 11.5 Å². The number of nitrogens with one attached hydrogen (secondary N) is 1. The largest absolute Gasteiger partial charge is 0.493 e. The van der Waals surface area contributed by atoms with Crippen molar-refractivity contribution in [3.05, 3.63) is 59.7 Å². The van der Waals surface area contributed by atoms with Crippen molar-refractivity contribution in [2.24, 2.45) is 0 Å². The maximum atomic E-state index is 12.2. The predicted molar refractivity (Wildman–Crippen MR) is 93.3 cm³/mol. The lowest BCUT2D eigenvalue weighted by atomic mass is 10.0. The summed E-state index contributed by atoms with van der Waals surface area (Å²) in [6.45, 7) is 3.20. The van der Waals surface area contributed by atoms with Crippen LogP contribution < -0.4 is 14.8 Å². The first-order valence-corrected chi connectivity index (χ1v) is 8.43. The number of amides is 1. The smallest absolute Gasteiger partial charge is 0.220 e. The molecule has 1 heterocycles. The average molecular weight is 325 g/mol. The van der Waals surface area contributed by atoms with E-state index >= 15 is 0 Å². The van der Waals surface area contributed by atoms with Gasteiger partial charge in [0.05, 0.1) is 19.3 Å². The highest BCUT2D eigenvalue weighted by Crippen LogP contribution is 2.31. The molecule has 0 saturated heterocycles. The molecule has 1 unspecified atom stereocenters. The van der Waals surface area contributed by atoms with E-state index in [1.54, 1.807) is 0 Å². The normalized spacial score (nSPS) is 16.0. The second kappa shape index (κ2) is 7.86. The molecular formula is C20H23NO3. The monoisotopic (exact) mass is 325 g/mol. The zero-order valence-electron chi connectivity index (χ0n) is 14.0. The van der Waals surface area contributed by atoms with Crippen LogP contribution in [0.4, 0.5) is 0 Å². The number of hydrogen-bond donors (Lipinski definition) is 1. The van der Waals surface area contributed by atoms with Crippen molar-refractivity contribution >= 4 is 5.91 Å². The van der Waals surface area contributed by atoms with Gasteiger partial charge < -0.3 is 14.8 Å². The van der Waals surface area contributed by atoms with E-state index in [0.29, 0.717) is 26.1 Å². The first-order valence-electron chi connectivity index (χ1n) is 8.43. The van der Waals surface area contributed by atoms with Gasteiger partial charge in [-0.2, -0.15) is 0 Å². The highest BCUT2D eigenvalue weighted by molar-refractivity contribution is 5.76. The van der Waals surface area contributed by atoms with Crippen LogP contribution >= 0.6 is 0 Å². The molecule has 0 aromatic heterocycles. The Labute approximate surface area is 142 Å². The summed E-state index contributed by atoms with van der Waals surface area (Å²) in [7, 11) is 0. The molecule has 2 aromatic rings. The molecule has 2 aromatic carbocycles. The molecule has 1 atom stereocenters. The second-order valence-corrected chi connectivity index (χ2v) is 6.01. The summed E-state index contributed by atoms with van der Waals surface area (Å²) in [6, 6.07) is 15.8. The van der Waals surface area contributed by atoms with Gasteiger partial charge in [0.1, 0.15) is 11.5 Å². The van der Waals surface area contributed by atoms with Crippen LogP contribution in [0.5, 0.6) is 11.5 Å². The number of carbonyl (C=O) groups excluding carboxylic acids is 1. The number of rotatable bonds is 6. The average Bonchev–Trinajstić information content (AvgIpc) is 2.60. The number of para-hydroxylation sites is 2. The van der Waals surface area contributed by atoms with Crippen LogP contribution in [0.3, 0.4) is 0 Å². The number of ether oxygens (including phenoxy) is 2. The number of aryl methyl sites for hydroxylation is 1. The predicted octanol–water partition coefficient (Wildman–Crippen LogP) is 3.79. The van der Waals surface area contributed by atoms with Crippen LogP contribution in [0.25, 0.3) is 0 Å². The Morgan fingerprint density at radius 3 is 2.88 bits per heavy atom. The summed E-state index contributed by atoms with van der Waals surface area (Å²) >= 11 is 0. The van der Waals surface area contributed by atoms with E-state index < -0.39 is 0 Å². The highest BCUT2D eigenvalue weighted by atomic mass is 16.5. The van der Waals surface area contributed by atoms with Gasteiger partial charge in [-0.05, 0) is 31.0 Å². The lowest BCUT2D eigenvalue weighted by Gasteiger charge is -2.26. The number of fused-ring (bicyclic) bond motifs is 1. The topological polar surface area (TPSA) is 47.6 Å². The van der Waals surface area contributed by atoms with Crippen LogP contribution in [0, 0.1) is 6.92 Å². The first-order chi connectivity index (χ1) is 11.7. The van der Waals surface area contributed by atoms with Gasteiger partial charge in [0.2, 0.25) is 5.91 Å². The zero-order valence-corrected chi connectivity index (χ0v) is 14.0. The van der Waals surface area contributed by atoms with E-state index in [4.69, 9.17) is 9.47 Å². The molecular weight excluding hydrogens is 302 g/mol. The lowest BCUT2D eigenvalue weighted by Crippen LogP contribution is -2.32. The second-order valence-electron chi connectivity index (χ2n) is 6.01. The summed E-state index contributed by atoms with van der Waals surface area (Å²) in [6.07, 6.45) is 1.97. The summed E-state index contributed by atoms with van der Waals surface area (Å²) in [5.41, 5.74) is 2.18. The molecule has 1 N–H and O–H groups in total. The fraction of sp³-hybridized carbons (Fsp3) is 0.350. The van der Waals surface area contributed by atoms with E-state index in [-0.39, 0.29) is 11.9 Å². The number of carbonyl (C=O) groups is 1. The van der Waals surface area contributed by atoms with Crippen molar-refractivity contribution in [1.82, 2.24) is 5.32 Å². The van der Waals surface area contributed by atoms with E-state index in [0.717, 1.165) is 29.0 Å².